The van der Waals surface area contributed by atoms with E-state index in [1.807, 2.05) is 6.07 Å². The Labute approximate surface area is 127 Å². The number of carbonyl (C=O) groups is 1. The molecule has 0 radical (unpaired) electrons. The van der Waals surface area contributed by atoms with Gasteiger partial charge in [0.15, 0.2) is 0 Å². The number of nitriles is 1. The smallest absolute Gasteiger partial charge is 0.259 e. The molecule has 22 heavy (non-hydrogen) atoms. The Bertz CT molecular complexity index is 737. The molecule has 1 saturated heterocycles. The van der Waals surface area contributed by atoms with Crippen molar-refractivity contribution in [3.8, 4) is 11.9 Å². The highest BCUT2D eigenvalue weighted by atomic mass is 16.5. The summed E-state index contributed by atoms with van der Waals surface area (Å²) in [5.74, 6) is 0.709. The van der Waals surface area contributed by atoms with Crippen LogP contribution in [0.1, 0.15) is 27.4 Å². The number of aryl methyl sites for hydroxylation is 2. The van der Waals surface area contributed by atoms with Crippen LogP contribution in [0.4, 0.5) is 0 Å². The number of amides is 1. The number of ether oxygens (including phenoxy) is 1. The summed E-state index contributed by atoms with van der Waals surface area (Å²) in [4.78, 5) is 18.1. The number of hydrogen-bond donors (Lipinski definition) is 0. The summed E-state index contributed by atoms with van der Waals surface area (Å²) in [6.07, 6.45) is 1.41. The molecule has 0 aliphatic carbocycles. The number of carbonyl (C=O) groups excluding carboxylic acids is 1. The molecular weight excluding hydrogens is 284 g/mol. The Morgan fingerprint density at radius 1 is 1.50 bits per heavy atom. The van der Waals surface area contributed by atoms with Crippen LogP contribution < -0.4 is 4.74 Å². The maximum absolute atomic E-state index is 12.4. The zero-order chi connectivity index (χ0) is 15.7. The van der Waals surface area contributed by atoms with E-state index in [1.165, 1.54) is 0 Å². The van der Waals surface area contributed by atoms with E-state index in [0.717, 1.165) is 0 Å². The van der Waals surface area contributed by atoms with Crippen molar-refractivity contribution < 1.29 is 14.1 Å². The van der Waals surface area contributed by atoms with Crippen molar-refractivity contribution in [2.75, 3.05) is 13.1 Å². The fraction of sp³-hybridized carbons (Fsp3) is 0.333. The number of rotatable bonds is 3. The quantitative estimate of drug-likeness (QED) is 0.851. The molecule has 0 unspecified atom stereocenters. The third-order valence-corrected chi connectivity index (χ3v) is 3.55. The van der Waals surface area contributed by atoms with Crippen LogP contribution in [0, 0.1) is 25.2 Å². The lowest BCUT2D eigenvalue weighted by Gasteiger charge is -2.38. The molecule has 1 amide bonds. The lowest BCUT2D eigenvalue weighted by Crippen LogP contribution is -2.56. The van der Waals surface area contributed by atoms with Crippen LogP contribution >= 0.6 is 0 Å². The second-order valence-corrected chi connectivity index (χ2v) is 5.12. The zero-order valence-electron chi connectivity index (χ0n) is 12.2. The van der Waals surface area contributed by atoms with E-state index < -0.39 is 0 Å². The van der Waals surface area contributed by atoms with Gasteiger partial charge in [-0.15, -0.1) is 0 Å². The molecular formula is C15H14N4O3. The van der Waals surface area contributed by atoms with Crippen LogP contribution in [-0.2, 0) is 0 Å². The summed E-state index contributed by atoms with van der Waals surface area (Å²) in [7, 11) is 0. The second-order valence-electron chi connectivity index (χ2n) is 5.12. The van der Waals surface area contributed by atoms with Gasteiger partial charge < -0.3 is 14.2 Å². The van der Waals surface area contributed by atoms with Gasteiger partial charge in [0.05, 0.1) is 18.8 Å². The van der Waals surface area contributed by atoms with Crippen LogP contribution in [0.2, 0.25) is 0 Å². The number of likely N-dealkylation sites (tertiary alicyclic amines) is 1. The molecule has 112 valence electrons. The minimum Gasteiger partial charge on any atom is -0.470 e. The zero-order valence-corrected chi connectivity index (χ0v) is 12.2. The molecule has 3 rings (SSSR count). The first-order valence-corrected chi connectivity index (χ1v) is 6.84. The van der Waals surface area contributed by atoms with Crippen LogP contribution in [-0.4, -0.2) is 40.1 Å². The maximum Gasteiger partial charge on any atom is 0.259 e. The Kier molecular flexibility index (Phi) is 3.51. The van der Waals surface area contributed by atoms with Gasteiger partial charge in [-0.3, -0.25) is 4.79 Å². The largest absolute Gasteiger partial charge is 0.470 e. The Hall–Kier alpha value is -2.88. The summed E-state index contributed by atoms with van der Waals surface area (Å²) in [6.45, 7) is 4.35. The summed E-state index contributed by atoms with van der Waals surface area (Å²) in [5, 5.41) is 12.8. The SMILES string of the molecule is Cc1noc(C)c1C(=O)N1CC(Oc2ncccc2C#N)C1. The van der Waals surface area contributed by atoms with Crippen molar-refractivity contribution in [1.82, 2.24) is 15.0 Å². The molecule has 1 fully saturated rings. The molecule has 0 aromatic carbocycles. The van der Waals surface area contributed by atoms with Gasteiger partial charge in [0, 0.05) is 6.20 Å². The Morgan fingerprint density at radius 2 is 2.27 bits per heavy atom. The number of hydrogen-bond acceptors (Lipinski definition) is 6. The van der Waals surface area contributed by atoms with Gasteiger partial charge in [0.2, 0.25) is 5.88 Å². The van der Waals surface area contributed by atoms with E-state index in [2.05, 4.69) is 10.1 Å². The molecule has 7 heteroatoms. The van der Waals surface area contributed by atoms with Crippen LogP contribution in [0.3, 0.4) is 0 Å². The fourth-order valence-corrected chi connectivity index (χ4v) is 2.35. The van der Waals surface area contributed by atoms with Crippen molar-refractivity contribution in [2.45, 2.75) is 20.0 Å². The van der Waals surface area contributed by atoms with Gasteiger partial charge in [-0.25, -0.2) is 4.98 Å². The van der Waals surface area contributed by atoms with E-state index in [0.29, 0.717) is 41.6 Å². The second kappa shape index (κ2) is 5.48. The predicted octanol–water partition coefficient (Wildman–Crippen LogP) is 1.46. The maximum atomic E-state index is 12.4. The predicted molar refractivity (Wildman–Crippen MR) is 75.2 cm³/mol. The highest BCUT2D eigenvalue weighted by Gasteiger charge is 2.35. The monoisotopic (exact) mass is 298 g/mol. The Balaban J connectivity index is 1.63. The molecule has 0 atom stereocenters. The minimum absolute atomic E-state index is 0.113. The third kappa shape index (κ3) is 2.39. The van der Waals surface area contributed by atoms with Crippen LogP contribution in [0.15, 0.2) is 22.9 Å². The normalized spacial score (nSPS) is 14.3. The standard InChI is InChI=1S/C15H14N4O3/c1-9-13(10(2)22-18-9)15(20)19-7-12(8-19)21-14-11(6-16)4-3-5-17-14/h3-5,12H,7-8H2,1-2H3. The van der Waals surface area contributed by atoms with E-state index in [9.17, 15) is 4.79 Å². The molecule has 2 aromatic heterocycles. The average molecular weight is 298 g/mol. The van der Waals surface area contributed by atoms with E-state index in [1.54, 1.807) is 37.1 Å². The van der Waals surface area contributed by atoms with Gasteiger partial charge >= 0.3 is 0 Å². The van der Waals surface area contributed by atoms with Crippen molar-refractivity contribution in [2.24, 2.45) is 0 Å². The minimum atomic E-state index is -0.161. The van der Waals surface area contributed by atoms with Crippen molar-refractivity contribution in [3.63, 3.8) is 0 Å². The molecule has 0 bridgehead atoms. The lowest BCUT2D eigenvalue weighted by molar-refractivity contribution is 0.0157. The average Bonchev–Trinajstić information content (AvgIpc) is 2.81. The molecule has 1 aliphatic rings. The van der Waals surface area contributed by atoms with Crippen molar-refractivity contribution in [3.05, 3.63) is 40.9 Å². The van der Waals surface area contributed by atoms with E-state index in [-0.39, 0.29) is 12.0 Å². The van der Waals surface area contributed by atoms with Gasteiger partial charge in [0.25, 0.3) is 5.91 Å². The molecule has 3 heterocycles. The van der Waals surface area contributed by atoms with E-state index in [4.69, 9.17) is 14.5 Å². The number of nitrogens with zero attached hydrogens (tertiary/aromatic N) is 4. The summed E-state index contributed by atoms with van der Waals surface area (Å²) < 4.78 is 10.7. The van der Waals surface area contributed by atoms with Crippen molar-refractivity contribution in [1.29, 1.82) is 5.26 Å². The third-order valence-electron chi connectivity index (χ3n) is 3.55. The van der Waals surface area contributed by atoms with Gasteiger partial charge in [0.1, 0.15) is 29.1 Å². The first-order chi connectivity index (χ1) is 10.6. The highest BCUT2D eigenvalue weighted by molar-refractivity contribution is 5.96. The van der Waals surface area contributed by atoms with Gasteiger partial charge in [-0.05, 0) is 26.0 Å². The molecule has 1 aliphatic heterocycles. The van der Waals surface area contributed by atoms with Gasteiger partial charge in [-0.2, -0.15) is 5.26 Å². The van der Waals surface area contributed by atoms with E-state index >= 15 is 0 Å². The molecule has 2 aromatic rings. The molecule has 7 nitrogen and oxygen atoms in total. The highest BCUT2D eigenvalue weighted by Crippen LogP contribution is 2.23. The lowest BCUT2D eigenvalue weighted by atomic mass is 10.1. The fourth-order valence-electron chi connectivity index (χ4n) is 2.35. The molecule has 0 N–H and O–H groups in total. The molecule has 0 spiro atoms. The van der Waals surface area contributed by atoms with Crippen LogP contribution in [0.25, 0.3) is 0 Å². The number of pyridine rings is 1. The first kappa shape index (κ1) is 14.1. The van der Waals surface area contributed by atoms with Crippen LogP contribution in [0.5, 0.6) is 5.88 Å². The molecule has 0 saturated carbocycles. The topological polar surface area (TPSA) is 92.2 Å². The summed E-state index contributed by atoms with van der Waals surface area (Å²) in [5.41, 5.74) is 1.48. The van der Waals surface area contributed by atoms with Crippen molar-refractivity contribution >= 4 is 5.91 Å². The number of aromatic nitrogens is 2. The summed E-state index contributed by atoms with van der Waals surface area (Å²) >= 11 is 0. The van der Waals surface area contributed by atoms with Gasteiger partial charge in [-0.1, -0.05) is 5.16 Å². The Morgan fingerprint density at radius 3 is 2.91 bits per heavy atom. The first-order valence-electron chi connectivity index (χ1n) is 6.84. The summed E-state index contributed by atoms with van der Waals surface area (Å²) in [6, 6.07) is 5.36.